The van der Waals surface area contributed by atoms with Gasteiger partial charge in [0.25, 0.3) is 5.91 Å². The van der Waals surface area contributed by atoms with Gasteiger partial charge in [-0.05, 0) is 104 Å². The summed E-state index contributed by atoms with van der Waals surface area (Å²) >= 11 is 12.7. The predicted octanol–water partition coefficient (Wildman–Crippen LogP) is 10.3. The van der Waals surface area contributed by atoms with E-state index < -0.39 is 0 Å². The fraction of sp³-hybridized carbons (Fsp3) is 0.182. The molecule has 1 aliphatic carbocycles. The highest BCUT2D eigenvalue weighted by Crippen LogP contribution is 2.35. The number of aldehydes is 1. The van der Waals surface area contributed by atoms with Crippen molar-refractivity contribution in [3.63, 3.8) is 0 Å². The predicted molar refractivity (Wildman–Crippen MR) is 223 cm³/mol. The lowest BCUT2D eigenvalue weighted by atomic mass is 10.1. The number of halogens is 2. The van der Waals surface area contributed by atoms with E-state index in [2.05, 4.69) is 10.6 Å². The molecule has 1 aliphatic rings. The number of benzene rings is 4. The van der Waals surface area contributed by atoms with Gasteiger partial charge in [0, 0.05) is 68.9 Å². The van der Waals surface area contributed by atoms with E-state index in [-0.39, 0.29) is 5.91 Å². The molecular formula is C44H39Cl2N5O3. The van der Waals surface area contributed by atoms with Crippen LogP contribution in [0.1, 0.15) is 29.6 Å². The number of hydrogen-bond donors (Lipinski definition) is 2. The zero-order valence-electron chi connectivity index (χ0n) is 29.8. The Morgan fingerprint density at radius 3 is 1.98 bits per heavy atom. The number of anilines is 2. The van der Waals surface area contributed by atoms with Gasteiger partial charge in [-0.1, -0.05) is 53.6 Å². The van der Waals surface area contributed by atoms with Crippen molar-refractivity contribution < 1.29 is 14.3 Å². The van der Waals surface area contributed by atoms with E-state index >= 15 is 0 Å². The van der Waals surface area contributed by atoms with Crippen molar-refractivity contribution in [3.8, 4) is 5.75 Å². The summed E-state index contributed by atoms with van der Waals surface area (Å²) in [6, 6.07) is 22.7. The maximum Gasteiger partial charge on any atom is 0.253 e. The van der Waals surface area contributed by atoms with E-state index in [1.54, 1.807) is 13.2 Å². The van der Waals surface area contributed by atoms with Gasteiger partial charge in [0.05, 0.1) is 40.6 Å². The fourth-order valence-corrected chi connectivity index (χ4v) is 7.08. The van der Waals surface area contributed by atoms with Crippen LogP contribution in [-0.2, 0) is 4.79 Å². The number of nitrogens with zero attached hydrogens (tertiary/aromatic N) is 3. The van der Waals surface area contributed by atoms with Crippen LogP contribution in [0.2, 0.25) is 10.0 Å². The zero-order chi connectivity index (χ0) is 37.4. The van der Waals surface area contributed by atoms with Crippen LogP contribution in [-0.4, -0.2) is 60.4 Å². The first kappa shape index (κ1) is 36.6. The number of unbranched alkanes of at least 4 members (excludes halogenated alkanes) is 1. The Hall–Kier alpha value is -5.70. The van der Waals surface area contributed by atoms with Gasteiger partial charge >= 0.3 is 0 Å². The Labute approximate surface area is 323 Å². The molecule has 0 bridgehead atoms. The van der Waals surface area contributed by atoms with Gasteiger partial charge < -0.3 is 20.3 Å². The van der Waals surface area contributed by atoms with Crippen LogP contribution < -0.4 is 15.4 Å². The van der Waals surface area contributed by atoms with Crippen molar-refractivity contribution in [3.05, 3.63) is 137 Å². The number of allylic oxidation sites excluding steroid dienone is 6. The number of amides is 1. The van der Waals surface area contributed by atoms with E-state index in [4.69, 9.17) is 37.9 Å². The van der Waals surface area contributed by atoms with Crippen LogP contribution in [0.15, 0.2) is 121 Å². The first-order chi connectivity index (χ1) is 26.4. The average molecular weight is 757 g/mol. The number of nitrogens with one attached hydrogen (secondary N) is 2. The van der Waals surface area contributed by atoms with Crippen molar-refractivity contribution in [1.82, 2.24) is 14.9 Å². The minimum Gasteiger partial charge on any atom is -0.497 e. The van der Waals surface area contributed by atoms with E-state index in [1.807, 2.05) is 114 Å². The molecule has 0 aliphatic heterocycles. The van der Waals surface area contributed by atoms with Crippen molar-refractivity contribution >= 4 is 90.4 Å². The fourth-order valence-electron chi connectivity index (χ4n) is 6.74. The Kier molecular flexibility index (Phi) is 11.5. The van der Waals surface area contributed by atoms with E-state index in [9.17, 15) is 9.59 Å². The zero-order valence-corrected chi connectivity index (χ0v) is 31.3. The van der Waals surface area contributed by atoms with Crippen LogP contribution in [0.5, 0.6) is 5.75 Å². The topological polar surface area (TPSA) is 96.4 Å². The molecule has 0 unspecified atom stereocenters. The highest BCUT2D eigenvalue weighted by molar-refractivity contribution is 6.32. The molecule has 2 N–H and O–H groups in total. The third kappa shape index (κ3) is 8.25. The highest BCUT2D eigenvalue weighted by Gasteiger charge is 2.17. The van der Waals surface area contributed by atoms with Crippen LogP contribution in [0.25, 0.3) is 43.6 Å². The quantitative estimate of drug-likeness (QED) is 0.0649. The smallest absolute Gasteiger partial charge is 0.253 e. The molecule has 4 aromatic carbocycles. The van der Waals surface area contributed by atoms with Gasteiger partial charge in [0.2, 0.25) is 0 Å². The Morgan fingerprint density at radius 2 is 1.30 bits per heavy atom. The van der Waals surface area contributed by atoms with Gasteiger partial charge in [-0.25, -0.2) is 9.97 Å². The molecule has 7 rings (SSSR count). The van der Waals surface area contributed by atoms with Gasteiger partial charge in [-0.3, -0.25) is 9.59 Å². The molecule has 2 aromatic heterocycles. The SMILES string of the molecule is COc1ccc2nc3cc(Cl)ccc3c(NCCCCN(CCCNc3c4ccc(Cl)cc4nc4ccc(C=O)cc34)C(=O)C3=CC=CC=CC=C3)c2c1. The maximum absolute atomic E-state index is 14.0. The summed E-state index contributed by atoms with van der Waals surface area (Å²) in [4.78, 5) is 37.2. The standard InChI is InChI=1S/C44H39Cl2N5O3/c1-54-33-15-19-39-37(27-33)43(35-17-14-32(46)26-41(35)50-39)47-20-7-8-22-51(44(53)30-10-5-3-2-4-6-11-30)23-9-21-48-42-34-16-13-31(45)25-40(34)49-38-18-12-29(28-52)24-36(38)42/h2-6,10-19,24-28H,7-9,20-23H2,1H3,(H,47,50)(H,48,49). The third-order valence-electron chi connectivity index (χ3n) is 9.43. The second-order valence-corrected chi connectivity index (χ2v) is 13.9. The summed E-state index contributed by atoms with van der Waals surface area (Å²) in [5.74, 6) is 0.743. The number of hydrogen-bond acceptors (Lipinski definition) is 7. The number of pyridine rings is 2. The molecule has 0 saturated heterocycles. The summed E-state index contributed by atoms with van der Waals surface area (Å²) in [5.41, 5.74) is 6.28. The minimum atomic E-state index is -0.0145. The van der Waals surface area contributed by atoms with Crippen molar-refractivity contribution in [1.29, 1.82) is 0 Å². The molecule has 0 saturated carbocycles. The number of methoxy groups -OCH3 is 1. The van der Waals surface area contributed by atoms with Crippen LogP contribution in [0, 0.1) is 0 Å². The van der Waals surface area contributed by atoms with Crippen molar-refractivity contribution in [2.24, 2.45) is 0 Å². The largest absolute Gasteiger partial charge is 0.497 e. The summed E-state index contributed by atoms with van der Waals surface area (Å²) < 4.78 is 5.53. The number of rotatable bonds is 14. The molecule has 0 atom stereocenters. The summed E-state index contributed by atoms with van der Waals surface area (Å²) in [7, 11) is 1.66. The van der Waals surface area contributed by atoms with Crippen molar-refractivity contribution in [2.75, 3.05) is 43.9 Å². The Balaban J connectivity index is 1.06. The first-order valence-corrected chi connectivity index (χ1v) is 18.7. The molecule has 0 fully saturated rings. The number of carbonyl (C=O) groups excluding carboxylic acids is 2. The second-order valence-electron chi connectivity index (χ2n) is 13.0. The average Bonchev–Trinajstić information content (AvgIpc) is 3.16. The van der Waals surface area contributed by atoms with E-state index in [0.717, 1.165) is 79.9 Å². The van der Waals surface area contributed by atoms with Crippen molar-refractivity contribution in [2.45, 2.75) is 19.3 Å². The lowest BCUT2D eigenvalue weighted by Crippen LogP contribution is -2.34. The molecule has 2 heterocycles. The highest BCUT2D eigenvalue weighted by atomic mass is 35.5. The third-order valence-corrected chi connectivity index (χ3v) is 9.90. The molecule has 8 nitrogen and oxygen atoms in total. The summed E-state index contributed by atoms with van der Waals surface area (Å²) in [6.07, 6.45) is 16.4. The molecule has 272 valence electrons. The lowest BCUT2D eigenvalue weighted by Gasteiger charge is -2.24. The molecule has 1 amide bonds. The molecule has 6 aromatic rings. The van der Waals surface area contributed by atoms with E-state index in [0.29, 0.717) is 53.8 Å². The molecule has 10 heteroatoms. The number of carbonyl (C=O) groups is 2. The summed E-state index contributed by atoms with van der Waals surface area (Å²) in [5, 5.41) is 12.2. The number of ether oxygens (including phenoxy) is 1. The summed E-state index contributed by atoms with van der Waals surface area (Å²) in [6.45, 7) is 2.44. The molecule has 0 radical (unpaired) electrons. The molecule has 54 heavy (non-hydrogen) atoms. The molecular weight excluding hydrogens is 717 g/mol. The Morgan fingerprint density at radius 1 is 0.685 bits per heavy atom. The van der Waals surface area contributed by atoms with Gasteiger partial charge in [0.15, 0.2) is 0 Å². The van der Waals surface area contributed by atoms with E-state index in [1.165, 1.54) is 0 Å². The van der Waals surface area contributed by atoms with Gasteiger partial charge in [-0.15, -0.1) is 0 Å². The van der Waals surface area contributed by atoms with Crippen LogP contribution in [0.4, 0.5) is 11.4 Å². The maximum atomic E-state index is 14.0. The van der Waals surface area contributed by atoms with Gasteiger partial charge in [-0.2, -0.15) is 0 Å². The first-order valence-electron chi connectivity index (χ1n) is 18.0. The number of aromatic nitrogens is 2. The Bertz CT molecular complexity index is 2510. The number of fused-ring (bicyclic) bond motifs is 4. The molecule has 0 spiro atoms. The monoisotopic (exact) mass is 755 g/mol. The normalized spacial score (nSPS) is 12.5. The minimum absolute atomic E-state index is 0.0145. The van der Waals surface area contributed by atoms with Crippen LogP contribution >= 0.6 is 23.2 Å². The van der Waals surface area contributed by atoms with Crippen LogP contribution in [0.3, 0.4) is 0 Å². The van der Waals surface area contributed by atoms with Gasteiger partial charge in [0.1, 0.15) is 12.0 Å². The second kappa shape index (κ2) is 17.0. The lowest BCUT2D eigenvalue weighted by molar-refractivity contribution is -0.126.